The van der Waals surface area contributed by atoms with E-state index in [1.807, 2.05) is 24.3 Å². The van der Waals surface area contributed by atoms with Crippen molar-refractivity contribution in [1.82, 2.24) is 15.6 Å². The number of pyridine rings is 1. The second-order valence-electron chi connectivity index (χ2n) is 6.05. The topological polar surface area (TPSA) is 93.5 Å². The van der Waals surface area contributed by atoms with Crippen LogP contribution in [0.25, 0.3) is 0 Å². The van der Waals surface area contributed by atoms with Crippen LogP contribution in [0.1, 0.15) is 32.2 Å². The van der Waals surface area contributed by atoms with E-state index < -0.39 is 0 Å². The molecule has 7 heteroatoms. The van der Waals surface area contributed by atoms with E-state index in [0.29, 0.717) is 24.3 Å². The van der Waals surface area contributed by atoms with Crippen molar-refractivity contribution in [2.45, 2.75) is 13.0 Å². The van der Waals surface area contributed by atoms with Gasteiger partial charge in [-0.25, -0.2) is 0 Å². The quantitative estimate of drug-likeness (QED) is 0.627. The third kappa shape index (κ3) is 5.20. The largest absolute Gasteiger partial charge is 0.497 e. The van der Waals surface area contributed by atoms with Crippen molar-refractivity contribution in [2.75, 3.05) is 13.7 Å². The molecule has 0 aliphatic carbocycles. The first-order valence-electron chi connectivity index (χ1n) is 8.83. The number of methoxy groups -OCH3 is 1. The van der Waals surface area contributed by atoms with Crippen molar-refractivity contribution in [2.24, 2.45) is 0 Å². The number of carbonyl (C=O) groups is 2. The number of aromatic nitrogens is 1. The highest BCUT2D eigenvalue weighted by molar-refractivity contribution is 5.98. The maximum Gasteiger partial charge on any atom is 0.269 e. The van der Waals surface area contributed by atoms with Gasteiger partial charge in [0.1, 0.15) is 17.2 Å². The fourth-order valence-corrected chi connectivity index (χ4v) is 2.58. The summed E-state index contributed by atoms with van der Waals surface area (Å²) in [5.41, 5.74) is 1.64. The van der Waals surface area contributed by atoms with Gasteiger partial charge in [-0.3, -0.25) is 14.6 Å². The van der Waals surface area contributed by atoms with Gasteiger partial charge in [-0.2, -0.15) is 0 Å². The normalized spacial score (nSPS) is 10.3. The fraction of sp³-hybridized carbons (Fsp3) is 0.190. The second kappa shape index (κ2) is 9.36. The monoisotopic (exact) mass is 379 g/mol. The van der Waals surface area contributed by atoms with Gasteiger partial charge >= 0.3 is 0 Å². The van der Waals surface area contributed by atoms with Crippen LogP contribution in [0, 0.1) is 0 Å². The lowest BCUT2D eigenvalue weighted by Crippen LogP contribution is -2.27. The molecule has 0 saturated heterocycles. The predicted molar refractivity (Wildman–Crippen MR) is 103 cm³/mol. The highest BCUT2D eigenvalue weighted by Gasteiger charge is 2.12. The Balaban J connectivity index is 1.51. The van der Waals surface area contributed by atoms with Gasteiger partial charge in [-0.05, 0) is 48.4 Å². The minimum absolute atomic E-state index is 0.195. The molecule has 1 aromatic carbocycles. The summed E-state index contributed by atoms with van der Waals surface area (Å²) in [6, 6.07) is 14.2. The molecule has 0 saturated carbocycles. The van der Waals surface area contributed by atoms with Crippen LogP contribution in [-0.2, 0) is 13.0 Å². The van der Waals surface area contributed by atoms with Crippen molar-refractivity contribution in [1.29, 1.82) is 0 Å². The second-order valence-corrected chi connectivity index (χ2v) is 6.05. The van der Waals surface area contributed by atoms with Crippen LogP contribution < -0.4 is 15.4 Å². The molecular formula is C21H21N3O4. The number of nitrogens with one attached hydrogen (secondary N) is 2. The molecular weight excluding hydrogens is 358 g/mol. The number of ether oxygens (including phenoxy) is 1. The standard InChI is InChI=1S/C21H21N3O4/c1-27-17-6-4-15(5-7-17)8-10-23-21(26)19-13-16(9-11-22-19)20(25)24-14-18-3-2-12-28-18/h2-7,9,11-13H,8,10,14H2,1H3,(H,23,26)(H,24,25). The maximum absolute atomic E-state index is 12.3. The van der Waals surface area contributed by atoms with Crippen LogP contribution >= 0.6 is 0 Å². The van der Waals surface area contributed by atoms with Crippen LogP contribution in [0.15, 0.2) is 65.4 Å². The molecule has 7 nitrogen and oxygen atoms in total. The molecule has 0 radical (unpaired) electrons. The first-order chi connectivity index (χ1) is 13.7. The average Bonchev–Trinajstić information content (AvgIpc) is 3.26. The highest BCUT2D eigenvalue weighted by Crippen LogP contribution is 2.11. The van der Waals surface area contributed by atoms with Crippen LogP contribution in [-0.4, -0.2) is 30.5 Å². The van der Waals surface area contributed by atoms with E-state index in [1.54, 1.807) is 31.6 Å². The average molecular weight is 379 g/mol. The number of nitrogens with zero attached hydrogens (tertiary/aromatic N) is 1. The highest BCUT2D eigenvalue weighted by atomic mass is 16.5. The van der Waals surface area contributed by atoms with Crippen molar-refractivity contribution in [3.8, 4) is 5.75 Å². The Bertz CT molecular complexity index is 921. The zero-order valence-electron chi connectivity index (χ0n) is 15.5. The Morgan fingerprint density at radius 1 is 1.07 bits per heavy atom. The summed E-state index contributed by atoms with van der Waals surface area (Å²) < 4.78 is 10.3. The molecule has 0 spiro atoms. The minimum Gasteiger partial charge on any atom is -0.497 e. The minimum atomic E-state index is -0.325. The number of carbonyl (C=O) groups excluding carboxylic acids is 2. The summed E-state index contributed by atoms with van der Waals surface area (Å²) in [5.74, 6) is 0.818. The molecule has 144 valence electrons. The van der Waals surface area contributed by atoms with Crippen LogP contribution in [0.4, 0.5) is 0 Å². The molecule has 0 aliphatic heterocycles. The number of rotatable bonds is 8. The predicted octanol–water partition coefficient (Wildman–Crippen LogP) is 2.59. The van der Waals surface area contributed by atoms with E-state index in [0.717, 1.165) is 11.3 Å². The van der Waals surface area contributed by atoms with Gasteiger partial charge in [0.25, 0.3) is 11.8 Å². The molecule has 2 heterocycles. The lowest BCUT2D eigenvalue weighted by molar-refractivity contribution is 0.0948. The van der Waals surface area contributed by atoms with Crippen molar-refractivity contribution < 1.29 is 18.7 Å². The molecule has 3 rings (SSSR count). The zero-order valence-corrected chi connectivity index (χ0v) is 15.5. The first kappa shape index (κ1) is 19.2. The summed E-state index contributed by atoms with van der Waals surface area (Å²) in [6.45, 7) is 0.735. The zero-order chi connectivity index (χ0) is 19.8. The van der Waals surface area contributed by atoms with Gasteiger partial charge in [-0.1, -0.05) is 12.1 Å². The molecule has 3 aromatic rings. The van der Waals surface area contributed by atoms with Crippen molar-refractivity contribution in [3.05, 3.63) is 83.6 Å². The molecule has 2 N–H and O–H groups in total. The van der Waals surface area contributed by atoms with E-state index in [-0.39, 0.29) is 24.1 Å². The molecule has 0 atom stereocenters. The SMILES string of the molecule is COc1ccc(CCNC(=O)c2cc(C(=O)NCc3ccco3)ccn2)cc1. The van der Waals surface area contributed by atoms with Crippen LogP contribution in [0.3, 0.4) is 0 Å². The smallest absolute Gasteiger partial charge is 0.269 e. The molecule has 0 bridgehead atoms. The maximum atomic E-state index is 12.3. The number of furan rings is 1. The number of amides is 2. The first-order valence-corrected chi connectivity index (χ1v) is 8.83. The Kier molecular flexibility index (Phi) is 6.41. The van der Waals surface area contributed by atoms with E-state index in [9.17, 15) is 9.59 Å². The number of hydrogen-bond donors (Lipinski definition) is 2. The molecule has 0 unspecified atom stereocenters. The molecule has 0 aliphatic rings. The lowest BCUT2D eigenvalue weighted by Gasteiger charge is -2.07. The summed E-state index contributed by atoms with van der Waals surface area (Å²) in [5, 5.41) is 5.56. The van der Waals surface area contributed by atoms with E-state index in [1.165, 1.54) is 12.3 Å². The Morgan fingerprint density at radius 3 is 2.61 bits per heavy atom. The summed E-state index contributed by atoms with van der Waals surface area (Å²) in [7, 11) is 1.62. The molecule has 0 fully saturated rings. The number of hydrogen-bond acceptors (Lipinski definition) is 5. The van der Waals surface area contributed by atoms with Crippen LogP contribution in [0.5, 0.6) is 5.75 Å². The number of benzene rings is 1. The third-order valence-electron chi connectivity index (χ3n) is 4.12. The lowest BCUT2D eigenvalue weighted by atomic mass is 10.1. The molecule has 28 heavy (non-hydrogen) atoms. The Hall–Kier alpha value is -3.61. The van der Waals surface area contributed by atoms with Crippen molar-refractivity contribution in [3.63, 3.8) is 0 Å². The summed E-state index contributed by atoms with van der Waals surface area (Å²) in [4.78, 5) is 28.6. The van der Waals surface area contributed by atoms with Gasteiger partial charge in [-0.15, -0.1) is 0 Å². The van der Waals surface area contributed by atoms with Crippen LogP contribution in [0.2, 0.25) is 0 Å². The van der Waals surface area contributed by atoms with Gasteiger partial charge in [0, 0.05) is 18.3 Å². The van der Waals surface area contributed by atoms with Gasteiger partial charge < -0.3 is 19.8 Å². The summed E-state index contributed by atoms with van der Waals surface area (Å²) >= 11 is 0. The van der Waals surface area contributed by atoms with E-state index in [4.69, 9.17) is 9.15 Å². The van der Waals surface area contributed by atoms with Gasteiger partial charge in [0.2, 0.25) is 0 Å². The van der Waals surface area contributed by atoms with E-state index >= 15 is 0 Å². The third-order valence-corrected chi connectivity index (χ3v) is 4.12. The van der Waals surface area contributed by atoms with Gasteiger partial charge in [0.05, 0.1) is 19.9 Å². The Morgan fingerprint density at radius 2 is 1.89 bits per heavy atom. The fourth-order valence-electron chi connectivity index (χ4n) is 2.58. The Labute approximate surface area is 162 Å². The van der Waals surface area contributed by atoms with Crippen molar-refractivity contribution >= 4 is 11.8 Å². The van der Waals surface area contributed by atoms with E-state index in [2.05, 4.69) is 15.6 Å². The molecule has 2 aromatic heterocycles. The van der Waals surface area contributed by atoms with Gasteiger partial charge in [0.15, 0.2) is 0 Å². The summed E-state index contributed by atoms with van der Waals surface area (Å²) in [6.07, 6.45) is 3.67. The molecule has 2 amide bonds.